The summed E-state index contributed by atoms with van der Waals surface area (Å²) in [6.45, 7) is 3.42. The summed E-state index contributed by atoms with van der Waals surface area (Å²) < 4.78 is 15.7. The van der Waals surface area contributed by atoms with Crippen molar-refractivity contribution in [2.75, 3.05) is 32.5 Å². The summed E-state index contributed by atoms with van der Waals surface area (Å²) in [5.74, 6) is 0. The van der Waals surface area contributed by atoms with Crippen LogP contribution < -0.4 is 5.32 Å². The molecule has 1 unspecified atom stereocenters. The van der Waals surface area contributed by atoms with Crippen LogP contribution in [0.1, 0.15) is 19.8 Å². The first-order valence-electron chi connectivity index (χ1n) is 5.47. The number of unbranched alkanes of at least 4 members (excludes halogenated alkanes) is 1. The van der Waals surface area contributed by atoms with Gasteiger partial charge in [0, 0.05) is 19.7 Å². The molecular formula is C9H22NO5P. The maximum Gasteiger partial charge on any atom is 0.326 e. The highest BCUT2D eigenvalue weighted by atomic mass is 31.2. The van der Waals surface area contributed by atoms with E-state index in [1.165, 1.54) is 0 Å². The standard InChI is InChI=1S/C9H22NO5P/c1-2-3-5-15-8-9(11)7-10-4-6-16(12,13)14/h9-11H,2-8H2,1H3,(H2,12,13,14). The fourth-order valence-corrected chi connectivity index (χ4v) is 1.47. The summed E-state index contributed by atoms with van der Waals surface area (Å²) in [6.07, 6.45) is 1.18. The van der Waals surface area contributed by atoms with Crippen LogP contribution >= 0.6 is 7.60 Å². The molecule has 0 aromatic heterocycles. The summed E-state index contributed by atoms with van der Waals surface area (Å²) in [5.41, 5.74) is 0. The van der Waals surface area contributed by atoms with Gasteiger partial charge in [-0.05, 0) is 6.42 Å². The van der Waals surface area contributed by atoms with E-state index in [1.54, 1.807) is 0 Å². The van der Waals surface area contributed by atoms with E-state index in [1.807, 2.05) is 0 Å². The van der Waals surface area contributed by atoms with Gasteiger partial charge >= 0.3 is 7.60 Å². The van der Waals surface area contributed by atoms with Gasteiger partial charge in [-0.3, -0.25) is 4.57 Å². The Morgan fingerprint density at radius 3 is 2.69 bits per heavy atom. The molecule has 0 aromatic rings. The Kier molecular flexibility index (Phi) is 9.12. The van der Waals surface area contributed by atoms with Gasteiger partial charge in [0.25, 0.3) is 0 Å². The number of hydrogen-bond acceptors (Lipinski definition) is 4. The van der Waals surface area contributed by atoms with E-state index in [0.29, 0.717) is 6.61 Å². The van der Waals surface area contributed by atoms with E-state index < -0.39 is 13.7 Å². The van der Waals surface area contributed by atoms with E-state index in [2.05, 4.69) is 12.2 Å². The molecule has 4 N–H and O–H groups in total. The zero-order valence-corrected chi connectivity index (χ0v) is 10.5. The van der Waals surface area contributed by atoms with Gasteiger partial charge in [0.05, 0.1) is 18.9 Å². The minimum Gasteiger partial charge on any atom is -0.389 e. The number of hydrogen-bond donors (Lipinski definition) is 4. The van der Waals surface area contributed by atoms with Crippen LogP contribution in [0.3, 0.4) is 0 Å². The normalized spacial score (nSPS) is 14.0. The van der Waals surface area contributed by atoms with Crippen molar-refractivity contribution in [2.24, 2.45) is 0 Å². The fourth-order valence-electron chi connectivity index (χ4n) is 1.02. The highest BCUT2D eigenvalue weighted by Crippen LogP contribution is 2.32. The van der Waals surface area contributed by atoms with Crippen molar-refractivity contribution >= 4 is 7.60 Å². The average Bonchev–Trinajstić information content (AvgIpc) is 2.18. The fraction of sp³-hybridized carbons (Fsp3) is 1.00. The first-order chi connectivity index (χ1) is 7.45. The second-order valence-corrected chi connectivity index (χ2v) is 5.45. The smallest absolute Gasteiger partial charge is 0.326 e. The summed E-state index contributed by atoms with van der Waals surface area (Å²) in [5, 5.41) is 12.2. The molecule has 0 radical (unpaired) electrons. The molecule has 0 fully saturated rings. The Labute approximate surface area is 96.2 Å². The van der Waals surface area contributed by atoms with Crippen LogP contribution in [-0.4, -0.2) is 53.5 Å². The molecule has 7 heteroatoms. The Morgan fingerprint density at radius 2 is 2.12 bits per heavy atom. The van der Waals surface area contributed by atoms with Crippen molar-refractivity contribution in [1.82, 2.24) is 5.32 Å². The Morgan fingerprint density at radius 1 is 1.44 bits per heavy atom. The monoisotopic (exact) mass is 255 g/mol. The van der Waals surface area contributed by atoms with Crippen LogP contribution in [0.2, 0.25) is 0 Å². The molecular weight excluding hydrogens is 233 g/mol. The molecule has 0 bridgehead atoms. The first-order valence-corrected chi connectivity index (χ1v) is 7.26. The van der Waals surface area contributed by atoms with Gasteiger partial charge in [0.1, 0.15) is 0 Å². The molecule has 98 valence electrons. The Balaban J connectivity index is 3.30. The lowest BCUT2D eigenvalue weighted by atomic mass is 10.3. The topological polar surface area (TPSA) is 99.0 Å². The molecule has 0 saturated heterocycles. The molecule has 6 nitrogen and oxygen atoms in total. The number of nitrogens with one attached hydrogen (secondary N) is 1. The van der Waals surface area contributed by atoms with E-state index >= 15 is 0 Å². The molecule has 16 heavy (non-hydrogen) atoms. The second kappa shape index (κ2) is 9.10. The van der Waals surface area contributed by atoms with Crippen molar-refractivity contribution in [3.63, 3.8) is 0 Å². The van der Waals surface area contributed by atoms with Gasteiger partial charge in [-0.1, -0.05) is 13.3 Å². The Bertz CT molecular complexity index is 208. The molecule has 0 aromatic carbocycles. The van der Waals surface area contributed by atoms with Gasteiger partial charge in [-0.25, -0.2) is 0 Å². The minimum absolute atomic E-state index is 0.191. The van der Waals surface area contributed by atoms with Gasteiger partial charge in [-0.2, -0.15) is 0 Å². The number of aliphatic hydroxyl groups excluding tert-OH is 1. The third-order valence-electron chi connectivity index (χ3n) is 1.91. The summed E-state index contributed by atoms with van der Waals surface area (Å²) in [7, 11) is -3.93. The van der Waals surface area contributed by atoms with E-state index in [9.17, 15) is 9.67 Å². The molecule has 0 saturated carbocycles. The summed E-state index contributed by atoms with van der Waals surface area (Å²) in [6, 6.07) is 0. The van der Waals surface area contributed by atoms with E-state index in [-0.39, 0.29) is 25.9 Å². The minimum atomic E-state index is -3.93. The first kappa shape index (κ1) is 16.0. The molecule has 0 aliphatic rings. The van der Waals surface area contributed by atoms with Crippen LogP contribution in [0.4, 0.5) is 0 Å². The highest BCUT2D eigenvalue weighted by molar-refractivity contribution is 7.51. The van der Waals surface area contributed by atoms with Crippen LogP contribution in [0.15, 0.2) is 0 Å². The number of ether oxygens (including phenoxy) is 1. The van der Waals surface area contributed by atoms with Gasteiger partial charge in [0.2, 0.25) is 0 Å². The van der Waals surface area contributed by atoms with Gasteiger partial charge < -0.3 is 24.9 Å². The lowest BCUT2D eigenvalue weighted by molar-refractivity contribution is 0.0362. The van der Waals surface area contributed by atoms with E-state index in [0.717, 1.165) is 12.8 Å². The maximum absolute atomic E-state index is 10.5. The van der Waals surface area contributed by atoms with E-state index in [4.69, 9.17) is 14.5 Å². The van der Waals surface area contributed by atoms with Gasteiger partial charge in [0.15, 0.2) is 0 Å². The molecule has 1 atom stereocenters. The molecule has 0 rings (SSSR count). The Hall–Kier alpha value is 0.0300. The predicted molar refractivity (Wildman–Crippen MR) is 61.5 cm³/mol. The molecule has 0 spiro atoms. The zero-order valence-electron chi connectivity index (χ0n) is 9.63. The largest absolute Gasteiger partial charge is 0.389 e. The lowest BCUT2D eigenvalue weighted by Crippen LogP contribution is -2.32. The SMILES string of the molecule is CCCCOCC(O)CNCCP(=O)(O)O. The maximum atomic E-state index is 10.5. The van der Waals surface area contributed by atoms with Crippen LogP contribution in [0, 0.1) is 0 Å². The zero-order chi connectivity index (χ0) is 12.4. The molecule has 0 aliphatic carbocycles. The molecule has 0 amide bonds. The number of aliphatic hydroxyl groups is 1. The average molecular weight is 255 g/mol. The molecule has 0 aliphatic heterocycles. The van der Waals surface area contributed by atoms with Crippen molar-refractivity contribution in [3.8, 4) is 0 Å². The molecule has 0 heterocycles. The number of rotatable bonds is 10. The predicted octanol–water partition coefficient (Wildman–Crippen LogP) is -0.0687. The highest BCUT2D eigenvalue weighted by Gasteiger charge is 2.12. The van der Waals surface area contributed by atoms with Crippen molar-refractivity contribution < 1.29 is 24.2 Å². The third-order valence-corrected chi connectivity index (χ3v) is 2.72. The quantitative estimate of drug-likeness (QED) is 0.322. The lowest BCUT2D eigenvalue weighted by Gasteiger charge is -2.12. The summed E-state index contributed by atoms with van der Waals surface area (Å²) in [4.78, 5) is 17.1. The third kappa shape index (κ3) is 12.1. The van der Waals surface area contributed by atoms with Gasteiger partial charge in [-0.15, -0.1) is 0 Å². The van der Waals surface area contributed by atoms with Crippen molar-refractivity contribution in [1.29, 1.82) is 0 Å². The van der Waals surface area contributed by atoms with Crippen LogP contribution in [0.25, 0.3) is 0 Å². The van der Waals surface area contributed by atoms with Crippen molar-refractivity contribution in [2.45, 2.75) is 25.9 Å². The second-order valence-electron chi connectivity index (χ2n) is 3.67. The summed E-state index contributed by atoms with van der Waals surface area (Å²) >= 11 is 0. The van der Waals surface area contributed by atoms with Crippen LogP contribution in [0.5, 0.6) is 0 Å². The van der Waals surface area contributed by atoms with Crippen molar-refractivity contribution in [3.05, 3.63) is 0 Å². The van der Waals surface area contributed by atoms with Crippen LogP contribution in [-0.2, 0) is 9.30 Å².